The Morgan fingerprint density at radius 1 is 1.30 bits per heavy atom. The van der Waals surface area contributed by atoms with Crippen molar-refractivity contribution in [2.75, 3.05) is 14.2 Å². The Morgan fingerprint density at radius 2 is 2.00 bits per heavy atom. The molecule has 1 N–H and O–H groups in total. The predicted octanol–water partition coefficient (Wildman–Crippen LogP) is 1.10. The van der Waals surface area contributed by atoms with Crippen molar-refractivity contribution in [3.05, 3.63) is 29.3 Å². The summed E-state index contributed by atoms with van der Waals surface area (Å²) in [6.45, 7) is 0. The molecule has 0 aliphatic carbocycles. The fourth-order valence-corrected chi connectivity index (χ4v) is 1.87. The second-order valence-corrected chi connectivity index (χ2v) is 4.17. The van der Waals surface area contributed by atoms with E-state index in [-0.39, 0.29) is 24.2 Å². The van der Waals surface area contributed by atoms with E-state index in [2.05, 4.69) is 9.47 Å². The standard InChI is InChI=1S/C14H16O6/c1-19-13(17)7-10(14(18)20-2)6-9-4-3-5-12(16)11(9)8-15/h3-5,8,10,16H,6-7H2,1-2H3. The molecule has 6 heteroatoms. The Morgan fingerprint density at radius 3 is 2.55 bits per heavy atom. The van der Waals surface area contributed by atoms with Crippen molar-refractivity contribution in [2.24, 2.45) is 5.92 Å². The summed E-state index contributed by atoms with van der Waals surface area (Å²) < 4.78 is 9.16. The number of methoxy groups -OCH3 is 2. The Bertz CT molecular complexity index is 508. The number of hydrogen-bond donors (Lipinski definition) is 1. The lowest BCUT2D eigenvalue weighted by molar-refractivity contribution is -0.151. The molecule has 0 bridgehead atoms. The minimum absolute atomic E-state index is 0.101. The summed E-state index contributed by atoms with van der Waals surface area (Å²) in [5, 5.41) is 9.59. The zero-order valence-corrected chi connectivity index (χ0v) is 11.3. The summed E-state index contributed by atoms with van der Waals surface area (Å²) in [6, 6.07) is 4.54. The fraction of sp³-hybridized carbons (Fsp3) is 0.357. The van der Waals surface area contributed by atoms with Crippen LogP contribution in [-0.2, 0) is 25.5 Å². The molecule has 0 radical (unpaired) electrons. The maximum absolute atomic E-state index is 11.7. The molecule has 20 heavy (non-hydrogen) atoms. The SMILES string of the molecule is COC(=O)CC(Cc1cccc(O)c1C=O)C(=O)OC. The molecule has 0 saturated carbocycles. The average Bonchev–Trinajstić information content (AvgIpc) is 2.45. The van der Waals surface area contributed by atoms with Crippen LogP contribution in [0.2, 0.25) is 0 Å². The monoisotopic (exact) mass is 280 g/mol. The maximum Gasteiger partial charge on any atom is 0.309 e. The first-order chi connectivity index (χ1) is 9.53. The molecule has 6 nitrogen and oxygen atoms in total. The number of phenols is 1. The summed E-state index contributed by atoms with van der Waals surface area (Å²) in [5.74, 6) is -2.06. The van der Waals surface area contributed by atoms with Gasteiger partial charge in [-0.2, -0.15) is 0 Å². The van der Waals surface area contributed by atoms with Crippen LogP contribution in [0.1, 0.15) is 22.3 Å². The highest BCUT2D eigenvalue weighted by Gasteiger charge is 2.25. The van der Waals surface area contributed by atoms with Crippen LogP contribution in [0.5, 0.6) is 5.75 Å². The van der Waals surface area contributed by atoms with Gasteiger partial charge in [0.1, 0.15) is 5.75 Å². The van der Waals surface area contributed by atoms with Gasteiger partial charge in [0.2, 0.25) is 0 Å². The fourth-order valence-electron chi connectivity index (χ4n) is 1.87. The van der Waals surface area contributed by atoms with E-state index in [1.54, 1.807) is 12.1 Å². The van der Waals surface area contributed by atoms with E-state index >= 15 is 0 Å². The lowest BCUT2D eigenvalue weighted by atomic mass is 9.93. The van der Waals surface area contributed by atoms with Crippen LogP contribution in [0.4, 0.5) is 0 Å². The van der Waals surface area contributed by atoms with E-state index in [0.29, 0.717) is 11.8 Å². The van der Waals surface area contributed by atoms with E-state index in [0.717, 1.165) is 0 Å². The quantitative estimate of drug-likeness (QED) is 0.620. The smallest absolute Gasteiger partial charge is 0.309 e. The topological polar surface area (TPSA) is 89.9 Å². The third-order valence-electron chi connectivity index (χ3n) is 2.93. The van der Waals surface area contributed by atoms with Crippen LogP contribution in [-0.4, -0.2) is 37.6 Å². The molecule has 0 spiro atoms. The third kappa shape index (κ3) is 3.81. The highest BCUT2D eigenvalue weighted by molar-refractivity contribution is 5.83. The van der Waals surface area contributed by atoms with Crippen molar-refractivity contribution < 1.29 is 29.0 Å². The van der Waals surface area contributed by atoms with Gasteiger partial charge in [0.25, 0.3) is 0 Å². The Labute approximate surface area is 116 Å². The van der Waals surface area contributed by atoms with Gasteiger partial charge in [-0.25, -0.2) is 0 Å². The number of phenolic OH excluding ortho intramolecular Hbond substituents is 1. The molecule has 1 unspecified atom stereocenters. The van der Waals surface area contributed by atoms with E-state index < -0.39 is 17.9 Å². The van der Waals surface area contributed by atoms with Crippen LogP contribution in [0, 0.1) is 5.92 Å². The minimum Gasteiger partial charge on any atom is -0.507 e. The number of aldehydes is 1. The first-order valence-electron chi connectivity index (χ1n) is 5.94. The van der Waals surface area contributed by atoms with Crippen LogP contribution in [0.25, 0.3) is 0 Å². The minimum atomic E-state index is -0.770. The summed E-state index contributed by atoms with van der Waals surface area (Å²) in [4.78, 5) is 34.0. The predicted molar refractivity (Wildman–Crippen MR) is 69.3 cm³/mol. The molecule has 1 atom stereocenters. The number of aromatic hydroxyl groups is 1. The lowest BCUT2D eigenvalue weighted by Gasteiger charge is -2.15. The van der Waals surface area contributed by atoms with Gasteiger partial charge in [0.15, 0.2) is 6.29 Å². The number of esters is 2. The highest BCUT2D eigenvalue weighted by atomic mass is 16.5. The van der Waals surface area contributed by atoms with Gasteiger partial charge in [-0.1, -0.05) is 12.1 Å². The summed E-state index contributed by atoms with van der Waals surface area (Å²) in [6.07, 6.45) is 0.457. The van der Waals surface area contributed by atoms with Crippen molar-refractivity contribution >= 4 is 18.2 Å². The molecule has 0 heterocycles. The maximum atomic E-state index is 11.7. The number of ether oxygens (including phenoxy) is 2. The van der Waals surface area contributed by atoms with Crippen molar-refractivity contribution in [2.45, 2.75) is 12.8 Å². The first-order valence-corrected chi connectivity index (χ1v) is 5.94. The molecule has 1 rings (SSSR count). The molecular weight excluding hydrogens is 264 g/mol. The largest absolute Gasteiger partial charge is 0.507 e. The Kier molecular flexibility index (Phi) is 5.71. The van der Waals surface area contributed by atoms with Crippen LogP contribution in [0.3, 0.4) is 0 Å². The van der Waals surface area contributed by atoms with Gasteiger partial charge in [-0.3, -0.25) is 14.4 Å². The van der Waals surface area contributed by atoms with E-state index in [1.165, 1.54) is 20.3 Å². The lowest BCUT2D eigenvalue weighted by Crippen LogP contribution is -2.23. The molecule has 0 saturated heterocycles. The van der Waals surface area contributed by atoms with Crippen molar-refractivity contribution in [1.82, 2.24) is 0 Å². The van der Waals surface area contributed by atoms with E-state index in [9.17, 15) is 19.5 Å². The first kappa shape index (κ1) is 15.7. The van der Waals surface area contributed by atoms with Crippen molar-refractivity contribution in [3.63, 3.8) is 0 Å². The molecule has 1 aromatic carbocycles. The molecule has 108 valence electrons. The van der Waals surface area contributed by atoms with Gasteiger partial charge in [0.05, 0.1) is 32.1 Å². The Hall–Kier alpha value is -2.37. The van der Waals surface area contributed by atoms with Crippen molar-refractivity contribution in [1.29, 1.82) is 0 Å². The van der Waals surface area contributed by atoms with Gasteiger partial charge in [0, 0.05) is 0 Å². The van der Waals surface area contributed by atoms with Gasteiger partial charge >= 0.3 is 11.9 Å². The average molecular weight is 280 g/mol. The zero-order chi connectivity index (χ0) is 15.1. The summed E-state index contributed by atoms with van der Waals surface area (Å²) in [7, 11) is 2.44. The zero-order valence-electron chi connectivity index (χ0n) is 11.3. The number of benzene rings is 1. The van der Waals surface area contributed by atoms with Crippen LogP contribution in [0.15, 0.2) is 18.2 Å². The Balaban J connectivity index is 3.00. The molecule has 0 aromatic heterocycles. The van der Waals surface area contributed by atoms with Crippen molar-refractivity contribution in [3.8, 4) is 5.75 Å². The highest BCUT2D eigenvalue weighted by Crippen LogP contribution is 2.23. The molecule has 0 amide bonds. The van der Waals surface area contributed by atoms with Crippen LogP contribution >= 0.6 is 0 Å². The molecule has 0 fully saturated rings. The number of carbonyl (C=O) groups excluding carboxylic acids is 3. The molecule has 0 aliphatic heterocycles. The van der Waals surface area contributed by atoms with Gasteiger partial charge in [-0.05, 0) is 18.1 Å². The third-order valence-corrected chi connectivity index (χ3v) is 2.93. The molecular formula is C14H16O6. The molecule has 1 aromatic rings. The van der Waals surface area contributed by atoms with Crippen LogP contribution < -0.4 is 0 Å². The van der Waals surface area contributed by atoms with Gasteiger partial charge in [-0.15, -0.1) is 0 Å². The molecule has 0 aliphatic rings. The summed E-state index contributed by atoms with van der Waals surface area (Å²) in [5.41, 5.74) is 0.575. The van der Waals surface area contributed by atoms with E-state index in [4.69, 9.17) is 0 Å². The second kappa shape index (κ2) is 7.28. The normalized spacial score (nSPS) is 11.5. The van der Waals surface area contributed by atoms with Gasteiger partial charge < -0.3 is 14.6 Å². The second-order valence-electron chi connectivity index (χ2n) is 4.17. The summed E-state index contributed by atoms with van der Waals surface area (Å²) >= 11 is 0. The number of rotatable bonds is 6. The number of carbonyl (C=O) groups is 3. The number of hydrogen-bond acceptors (Lipinski definition) is 6. The van der Waals surface area contributed by atoms with E-state index in [1.807, 2.05) is 0 Å².